The molecule has 142 valence electrons. The summed E-state index contributed by atoms with van der Waals surface area (Å²) in [5.74, 6) is -0.150. The smallest absolute Gasteiger partial charge is 0.322 e. The van der Waals surface area contributed by atoms with E-state index in [0.29, 0.717) is 36.8 Å². The first-order valence-electron chi connectivity index (χ1n) is 8.05. The maximum Gasteiger partial charge on any atom is 0.322 e. The first-order valence-corrected chi connectivity index (χ1v) is 9.60. The fraction of sp³-hybridized carbons (Fsp3) is 0.533. The largest absolute Gasteiger partial charge is 0.474 e. The van der Waals surface area contributed by atoms with Crippen LogP contribution in [0.3, 0.4) is 0 Å². The molecule has 0 spiro atoms. The number of likely N-dealkylation sites (tertiary alicyclic amines) is 1. The summed E-state index contributed by atoms with van der Waals surface area (Å²) in [7, 11) is 0. The molecule has 0 saturated carbocycles. The number of pyridine rings is 1. The van der Waals surface area contributed by atoms with Crippen molar-refractivity contribution in [3.05, 3.63) is 23.4 Å². The Kier molecular flexibility index (Phi) is 5.47. The Hall–Kier alpha value is -1.75. The molecule has 3 atom stereocenters. The van der Waals surface area contributed by atoms with Gasteiger partial charge in [0.05, 0.1) is 5.02 Å². The van der Waals surface area contributed by atoms with E-state index >= 15 is 0 Å². The molecule has 0 radical (unpaired) electrons. The van der Waals surface area contributed by atoms with Crippen LogP contribution in [-0.2, 0) is 15.9 Å². The SMILES string of the molecule is CC1(C(N2CCC(Oc3ccc(Cl)cn3)CC2)S(=O)O)NC(=O)NC1=O. The minimum absolute atomic E-state index is 0.104. The molecule has 0 aliphatic carbocycles. The summed E-state index contributed by atoms with van der Waals surface area (Å²) in [6.45, 7) is 2.33. The summed E-state index contributed by atoms with van der Waals surface area (Å²) in [5, 5.41) is 4.06. The van der Waals surface area contributed by atoms with Gasteiger partial charge in [-0.15, -0.1) is 0 Å². The van der Waals surface area contributed by atoms with Crippen LogP contribution >= 0.6 is 11.6 Å². The molecular formula is C15H19ClN4O5S. The van der Waals surface area contributed by atoms with Gasteiger partial charge in [0.1, 0.15) is 17.0 Å². The molecular weight excluding hydrogens is 384 g/mol. The van der Waals surface area contributed by atoms with Crippen molar-refractivity contribution < 1.29 is 23.1 Å². The van der Waals surface area contributed by atoms with E-state index in [4.69, 9.17) is 16.3 Å². The number of hydrogen-bond acceptors (Lipinski definition) is 6. The van der Waals surface area contributed by atoms with E-state index in [1.54, 1.807) is 17.0 Å². The molecule has 3 N–H and O–H groups in total. The maximum absolute atomic E-state index is 12.1. The molecule has 2 aliphatic heterocycles. The summed E-state index contributed by atoms with van der Waals surface area (Å²) < 4.78 is 27.5. The minimum atomic E-state index is -2.33. The van der Waals surface area contributed by atoms with E-state index in [2.05, 4.69) is 15.6 Å². The van der Waals surface area contributed by atoms with E-state index in [-0.39, 0.29) is 6.10 Å². The number of piperidine rings is 1. The van der Waals surface area contributed by atoms with Gasteiger partial charge >= 0.3 is 6.03 Å². The quantitative estimate of drug-likeness (QED) is 0.490. The van der Waals surface area contributed by atoms with Gasteiger partial charge in [-0.25, -0.2) is 14.0 Å². The number of urea groups is 1. The average Bonchev–Trinajstić information content (AvgIpc) is 2.83. The number of nitrogens with one attached hydrogen (secondary N) is 2. The van der Waals surface area contributed by atoms with Gasteiger partial charge in [-0.05, 0) is 25.8 Å². The van der Waals surface area contributed by atoms with Gasteiger partial charge in [0.15, 0.2) is 11.1 Å². The number of rotatable bonds is 5. The number of halogens is 1. The molecule has 2 fully saturated rings. The van der Waals surface area contributed by atoms with Crippen LogP contribution in [0.25, 0.3) is 0 Å². The van der Waals surface area contributed by atoms with Crippen LogP contribution in [-0.4, -0.2) is 60.7 Å². The maximum atomic E-state index is 12.1. The Morgan fingerprint density at radius 2 is 2.12 bits per heavy atom. The lowest BCUT2D eigenvalue weighted by molar-refractivity contribution is -0.125. The highest BCUT2D eigenvalue weighted by Gasteiger charge is 2.53. The number of nitrogens with zero attached hydrogens (tertiary/aromatic N) is 2. The number of carbonyl (C=O) groups excluding carboxylic acids is 2. The first kappa shape index (κ1) is 19.0. The van der Waals surface area contributed by atoms with E-state index in [1.807, 2.05) is 0 Å². The second-order valence-corrected chi connectivity index (χ2v) is 7.84. The van der Waals surface area contributed by atoms with Crippen LogP contribution in [0.1, 0.15) is 19.8 Å². The standard InChI is InChI=1S/C15H19ClN4O5S/c1-15(12(21)18-14(22)19-15)13(26(23)24)20-6-4-10(5-7-20)25-11-3-2-9(16)8-17-11/h2-3,8,10,13H,4-7H2,1H3,(H,23,24)(H2,18,19,21,22). The second-order valence-electron chi connectivity index (χ2n) is 6.41. The van der Waals surface area contributed by atoms with Crippen LogP contribution < -0.4 is 15.4 Å². The molecule has 1 aromatic rings. The fourth-order valence-electron chi connectivity index (χ4n) is 3.26. The molecule has 11 heteroatoms. The van der Waals surface area contributed by atoms with E-state index in [9.17, 15) is 18.4 Å². The van der Waals surface area contributed by atoms with Gasteiger partial charge in [-0.1, -0.05) is 11.6 Å². The number of imide groups is 1. The predicted molar refractivity (Wildman–Crippen MR) is 94.1 cm³/mol. The third-order valence-corrected chi connectivity index (χ3v) is 5.93. The van der Waals surface area contributed by atoms with Crippen molar-refractivity contribution in [1.82, 2.24) is 20.5 Å². The zero-order valence-electron chi connectivity index (χ0n) is 14.0. The third-order valence-electron chi connectivity index (χ3n) is 4.55. The summed E-state index contributed by atoms with van der Waals surface area (Å²) in [5.41, 5.74) is -1.47. The van der Waals surface area contributed by atoms with Crippen molar-refractivity contribution in [2.75, 3.05) is 13.1 Å². The van der Waals surface area contributed by atoms with Crippen molar-refractivity contribution in [2.45, 2.75) is 36.8 Å². The molecule has 9 nitrogen and oxygen atoms in total. The highest BCUT2D eigenvalue weighted by atomic mass is 35.5. The van der Waals surface area contributed by atoms with Crippen molar-refractivity contribution in [1.29, 1.82) is 0 Å². The minimum Gasteiger partial charge on any atom is -0.474 e. The lowest BCUT2D eigenvalue weighted by atomic mass is 9.99. The Labute approximate surface area is 157 Å². The molecule has 3 heterocycles. The number of amides is 3. The Balaban J connectivity index is 1.65. The normalized spacial score (nSPS) is 26.9. The molecule has 0 bridgehead atoms. The molecule has 2 saturated heterocycles. The van der Waals surface area contributed by atoms with Crippen molar-refractivity contribution in [2.24, 2.45) is 0 Å². The third kappa shape index (κ3) is 3.83. The van der Waals surface area contributed by atoms with Crippen molar-refractivity contribution in [3.63, 3.8) is 0 Å². The van der Waals surface area contributed by atoms with Crippen molar-refractivity contribution >= 4 is 34.6 Å². The second kappa shape index (κ2) is 7.47. The topological polar surface area (TPSA) is 121 Å². The van der Waals surface area contributed by atoms with E-state index < -0.39 is 33.9 Å². The van der Waals surface area contributed by atoms with Crippen molar-refractivity contribution in [3.8, 4) is 5.88 Å². The Morgan fingerprint density at radius 3 is 2.62 bits per heavy atom. The highest BCUT2D eigenvalue weighted by Crippen LogP contribution is 2.27. The van der Waals surface area contributed by atoms with Crippen LogP contribution in [0.2, 0.25) is 5.02 Å². The van der Waals surface area contributed by atoms with Crippen LogP contribution in [0.5, 0.6) is 5.88 Å². The molecule has 0 aromatic carbocycles. The van der Waals surface area contributed by atoms with Gasteiger partial charge in [-0.3, -0.25) is 15.0 Å². The highest BCUT2D eigenvalue weighted by molar-refractivity contribution is 7.80. The molecule has 26 heavy (non-hydrogen) atoms. The number of carbonyl (C=O) groups is 2. The molecule has 3 unspecified atom stereocenters. The Morgan fingerprint density at radius 1 is 1.42 bits per heavy atom. The lowest BCUT2D eigenvalue weighted by Crippen LogP contribution is -2.63. The average molecular weight is 403 g/mol. The van der Waals surface area contributed by atoms with E-state index in [1.165, 1.54) is 13.1 Å². The number of aromatic nitrogens is 1. The number of ether oxygens (including phenoxy) is 1. The zero-order chi connectivity index (χ0) is 18.9. The zero-order valence-corrected chi connectivity index (χ0v) is 15.5. The predicted octanol–water partition coefficient (Wildman–Crippen LogP) is 0.724. The summed E-state index contributed by atoms with van der Waals surface area (Å²) >= 11 is 3.46. The fourth-order valence-corrected chi connectivity index (χ4v) is 4.40. The number of hydrogen-bond donors (Lipinski definition) is 3. The lowest BCUT2D eigenvalue weighted by Gasteiger charge is -2.41. The van der Waals surface area contributed by atoms with Crippen LogP contribution in [0.15, 0.2) is 18.3 Å². The molecule has 3 amide bonds. The summed E-state index contributed by atoms with van der Waals surface area (Å²) in [6, 6.07) is 2.70. The molecule has 1 aromatic heterocycles. The summed E-state index contributed by atoms with van der Waals surface area (Å²) in [6.07, 6.45) is 2.57. The van der Waals surface area contributed by atoms with E-state index in [0.717, 1.165) is 0 Å². The van der Waals surface area contributed by atoms with Gasteiger partial charge in [0.25, 0.3) is 5.91 Å². The van der Waals surface area contributed by atoms with Gasteiger partial charge < -0.3 is 14.6 Å². The van der Waals surface area contributed by atoms with Crippen LogP contribution in [0.4, 0.5) is 4.79 Å². The molecule has 2 aliphatic rings. The Bertz CT molecular complexity index is 725. The van der Waals surface area contributed by atoms with Gasteiger partial charge in [0, 0.05) is 25.4 Å². The van der Waals surface area contributed by atoms with Gasteiger partial charge in [-0.2, -0.15) is 0 Å². The monoisotopic (exact) mass is 402 g/mol. The molecule has 3 rings (SSSR count). The first-order chi connectivity index (χ1) is 12.3. The summed E-state index contributed by atoms with van der Waals surface area (Å²) in [4.78, 5) is 29.4. The van der Waals surface area contributed by atoms with Gasteiger partial charge in [0.2, 0.25) is 5.88 Å². The van der Waals surface area contributed by atoms with Crippen LogP contribution in [0, 0.1) is 0 Å².